The molecule has 0 atom stereocenters. The number of nitrogen functional groups attached to an aromatic ring is 1. The van der Waals surface area contributed by atoms with Gasteiger partial charge in [-0.25, -0.2) is 9.97 Å². The Bertz CT molecular complexity index is 688. The largest absolute Gasteiger partial charge is 0.464 e. The molecule has 0 spiro atoms. The maximum atomic E-state index is 5.65. The van der Waals surface area contributed by atoms with E-state index < -0.39 is 0 Å². The van der Waals surface area contributed by atoms with Gasteiger partial charge in [-0.1, -0.05) is 0 Å². The molecule has 2 aromatic heterocycles. The fraction of sp³-hybridized carbons (Fsp3) is 0.0769. The second-order valence-corrected chi connectivity index (χ2v) is 3.96. The molecule has 2 heterocycles. The molecule has 0 unspecified atom stereocenters. The monoisotopic (exact) mass is 225 g/mol. The zero-order chi connectivity index (χ0) is 11.8. The first-order valence-electron chi connectivity index (χ1n) is 5.30. The predicted molar refractivity (Wildman–Crippen MR) is 66.4 cm³/mol. The summed E-state index contributed by atoms with van der Waals surface area (Å²) >= 11 is 0. The van der Waals surface area contributed by atoms with E-state index in [0.717, 1.165) is 27.8 Å². The maximum Gasteiger partial charge on any atom is 0.134 e. The zero-order valence-electron chi connectivity index (χ0n) is 9.34. The molecule has 0 radical (unpaired) electrons. The minimum absolute atomic E-state index is 0.471. The summed E-state index contributed by atoms with van der Waals surface area (Å²) in [5.74, 6) is 0.471. The second kappa shape index (κ2) is 3.59. The Labute approximate surface area is 98.1 Å². The quantitative estimate of drug-likeness (QED) is 0.691. The molecule has 0 saturated carbocycles. The Hall–Kier alpha value is -2.36. The van der Waals surface area contributed by atoms with E-state index in [1.807, 2.05) is 19.1 Å². The van der Waals surface area contributed by atoms with Crippen LogP contribution < -0.4 is 5.73 Å². The van der Waals surface area contributed by atoms with Crippen LogP contribution in [0.15, 0.2) is 41.3 Å². The van der Waals surface area contributed by atoms with E-state index in [1.54, 1.807) is 12.3 Å². The molecule has 3 aromatic rings. The van der Waals surface area contributed by atoms with Crippen molar-refractivity contribution in [1.29, 1.82) is 0 Å². The van der Waals surface area contributed by atoms with E-state index in [9.17, 15) is 0 Å². The van der Waals surface area contributed by atoms with Crippen molar-refractivity contribution in [3.8, 4) is 11.3 Å². The summed E-state index contributed by atoms with van der Waals surface area (Å²) < 4.78 is 5.41. The summed E-state index contributed by atoms with van der Waals surface area (Å²) in [6.45, 7) is 2.02. The number of aromatic nitrogens is 2. The molecule has 4 nitrogen and oxygen atoms in total. The third-order valence-electron chi connectivity index (χ3n) is 2.75. The van der Waals surface area contributed by atoms with Gasteiger partial charge in [-0.2, -0.15) is 0 Å². The molecule has 2 N–H and O–H groups in total. The number of anilines is 1. The van der Waals surface area contributed by atoms with Crippen LogP contribution in [0.5, 0.6) is 0 Å². The molecule has 0 fully saturated rings. The van der Waals surface area contributed by atoms with Crippen molar-refractivity contribution in [2.75, 3.05) is 5.73 Å². The summed E-state index contributed by atoms with van der Waals surface area (Å²) in [5.41, 5.74) is 9.48. The Balaban J connectivity index is 2.20. The van der Waals surface area contributed by atoms with Gasteiger partial charge in [-0.3, -0.25) is 0 Å². The first-order chi connectivity index (χ1) is 8.24. The lowest BCUT2D eigenvalue weighted by molar-refractivity contribution is 0.613. The van der Waals surface area contributed by atoms with E-state index in [2.05, 4.69) is 16.0 Å². The van der Waals surface area contributed by atoms with Gasteiger partial charge in [0, 0.05) is 17.0 Å². The lowest BCUT2D eigenvalue weighted by atomic mass is 10.1. The highest BCUT2D eigenvalue weighted by molar-refractivity contribution is 5.85. The van der Waals surface area contributed by atoms with Gasteiger partial charge in [-0.15, -0.1) is 0 Å². The highest BCUT2D eigenvalue weighted by atomic mass is 16.3. The zero-order valence-corrected chi connectivity index (χ0v) is 9.34. The standard InChI is InChI=1S/C13H11N3O/c1-8-6-17-12-3-2-9(4-10(8)12)11-5-13(14)16-7-15-11/h2-7H,1H3,(H2,14,15,16). The first-order valence-corrected chi connectivity index (χ1v) is 5.30. The fourth-order valence-corrected chi connectivity index (χ4v) is 1.85. The molecule has 4 heteroatoms. The normalized spacial score (nSPS) is 10.9. The molecular formula is C13H11N3O. The Kier molecular flexibility index (Phi) is 2.08. The Morgan fingerprint density at radius 3 is 2.88 bits per heavy atom. The van der Waals surface area contributed by atoms with E-state index >= 15 is 0 Å². The summed E-state index contributed by atoms with van der Waals surface area (Å²) in [7, 11) is 0. The second-order valence-electron chi connectivity index (χ2n) is 3.96. The number of benzene rings is 1. The van der Waals surface area contributed by atoms with Crippen molar-refractivity contribution in [3.63, 3.8) is 0 Å². The lowest BCUT2D eigenvalue weighted by Crippen LogP contribution is -1.92. The van der Waals surface area contributed by atoms with Crippen LogP contribution in [0.3, 0.4) is 0 Å². The van der Waals surface area contributed by atoms with Gasteiger partial charge in [0.2, 0.25) is 0 Å². The molecule has 1 aromatic carbocycles. The topological polar surface area (TPSA) is 64.9 Å². The molecule has 3 rings (SSSR count). The van der Waals surface area contributed by atoms with Crippen molar-refractivity contribution in [3.05, 3.63) is 42.4 Å². The molecule has 84 valence electrons. The van der Waals surface area contributed by atoms with Crippen LogP contribution in [-0.2, 0) is 0 Å². The van der Waals surface area contributed by atoms with Crippen LogP contribution in [0.25, 0.3) is 22.2 Å². The molecule has 0 aliphatic carbocycles. The van der Waals surface area contributed by atoms with Gasteiger partial charge < -0.3 is 10.2 Å². The van der Waals surface area contributed by atoms with Crippen molar-refractivity contribution in [2.24, 2.45) is 0 Å². The van der Waals surface area contributed by atoms with E-state index in [1.165, 1.54) is 6.33 Å². The van der Waals surface area contributed by atoms with Crippen LogP contribution in [0, 0.1) is 6.92 Å². The van der Waals surface area contributed by atoms with Crippen LogP contribution in [0.1, 0.15) is 5.56 Å². The molecule has 17 heavy (non-hydrogen) atoms. The van der Waals surface area contributed by atoms with Crippen molar-refractivity contribution < 1.29 is 4.42 Å². The molecule has 0 saturated heterocycles. The summed E-state index contributed by atoms with van der Waals surface area (Å²) in [4.78, 5) is 8.09. The average molecular weight is 225 g/mol. The number of rotatable bonds is 1. The number of fused-ring (bicyclic) bond motifs is 1. The van der Waals surface area contributed by atoms with Crippen LogP contribution >= 0.6 is 0 Å². The number of aryl methyl sites for hydroxylation is 1. The summed E-state index contributed by atoms with van der Waals surface area (Å²) in [6.07, 6.45) is 3.22. The van der Waals surface area contributed by atoms with Crippen molar-refractivity contribution >= 4 is 16.8 Å². The van der Waals surface area contributed by atoms with E-state index in [-0.39, 0.29) is 0 Å². The molecule has 0 aliphatic rings. The highest BCUT2D eigenvalue weighted by Gasteiger charge is 2.05. The minimum atomic E-state index is 0.471. The number of hydrogen-bond donors (Lipinski definition) is 1. The third-order valence-corrected chi connectivity index (χ3v) is 2.75. The number of nitrogens with zero attached hydrogens (tertiary/aromatic N) is 2. The van der Waals surface area contributed by atoms with Gasteiger partial charge in [0.15, 0.2) is 0 Å². The maximum absolute atomic E-state index is 5.65. The highest BCUT2D eigenvalue weighted by Crippen LogP contribution is 2.26. The van der Waals surface area contributed by atoms with Gasteiger partial charge in [0.05, 0.1) is 12.0 Å². The number of hydrogen-bond acceptors (Lipinski definition) is 4. The molecule has 0 amide bonds. The summed E-state index contributed by atoms with van der Waals surface area (Å²) in [5, 5.41) is 1.10. The Morgan fingerprint density at radius 1 is 1.18 bits per heavy atom. The van der Waals surface area contributed by atoms with E-state index in [4.69, 9.17) is 10.2 Å². The van der Waals surface area contributed by atoms with Crippen LogP contribution in [0.4, 0.5) is 5.82 Å². The van der Waals surface area contributed by atoms with E-state index in [0.29, 0.717) is 5.82 Å². The smallest absolute Gasteiger partial charge is 0.134 e. The summed E-state index contributed by atoms with van der Waals surface area (Å²) in [6, 6.07) is 7.72. The minimum Gasteiger partial charge on any atom is -0.464 e. The lowest BCUT2D eigenvalue weighted by Gasteiger charge is -2.01. The average Bonchev–Trinajstić information content (AvgIpc) is 2.71. The SMILES string of the molecule is Cc1coc2ccc(-c3cc(N)ncn3)cc12. The van der Waals surface area contributed by atoms with Gasteiger partial charge in [0.25, 0.3) is 0 Å². The first kappa shape index (κ1) is 9.84. The van der Waals surface area contributed by atoms with Gasteiger partial charge in [-0.05, 0) is 30.7 Å². The predicted octanol–water partition coefficient (Wildman–Crippen LogP) is 2.78. The number of furan rings is 1. The molecule has 0 aliphatic heterocycles. The fourth-order valence-electron chi connectivity index (χ4n) is 1.85. The van der Waals surface area contributed by atoms with Gasteiger partial charge >= 0.3 is 0 Å². The number of nitrogens with two attached hydrogens (primary N) is 1. The van der Waals surface area contributed by atoms with Crippen LogP contribution in [-0.4, -0.2) is 9.97 Å². The third kappa shape index (κ3) is 1.63. The van der Waals surface area contributed by atoms with Crippen molar-refractivity contribution in [1.82, 2.24) is 9.97 Å². The Morgan fingerprint density at radius 2 is 2.06 bits per heavy atom. The van der Waals surface area contributed by atoms with Gasteiger partial charge in [0.1, 0.15) is 17.7 Å². The molecule has 0 bridgehead atoms. The van der Waals surface area contributed by atoms with Crippen molar-refractivity contribution in [2.45, 2.75) is 6.92 Å². The van der Waals surface area contributed by atoms with Crippen LogP contribution in [0.2, 0.25) is 0 Å². The molecular weight excluding hydrogens is 214 g/mol.